The van der Waals surface area contributed by atoms with Crippen molar-refractivity contribution in [2.75, 3.05) is 6.54 Å². The molecule has 1 aromatic carbocycles. The lowest BCUT2D eigenvalue weighted by atomic mass is 9.86. The van der Waals surface area contributed by atoms with E-state index < -0.39 is 0 Å². The Morgan fingerprint density at radius 1 is 0.571 bits per heavy atom. The molecular weight excluding hydrogens is 679 g/mol. The Balaban J connectivity index is 0. The van der Waals surface area contributed by atoms with E-state index in [0.717, 1.165) is 38.1 Å². The van der Waals surface area contributed by atoms with E-state index in [-0.39, 0.29) is 0 Å². The molecule has 4 rings (SSSR count). The van der Waals surface area contributed by atoms with Crippen molar-refractivity contribution in [2.24, 2.45) is 48.4 Å². The van der Waals surface area contributed by atoms with Crippen LogP contribution in [0, 0.1) is 38.4 Å². The summed E-state index contributed by atoms with van der Waals surface area (Å²) < 4.78 is 0. The summed E-state index contributed by atoms with van der Waals surface area (Å²) in [5.41, 5.74) is 8.18. The Bertz CT molecular complexity index is 1290. The van der Waals surface area contributed by atoms with Gasteiger partial charge in [0.25, 0.3) is 0 Å². The number of aromatic nitrogens is 1. The summed E-state index contributed by atoms with van der Waals surface area (Å²) in [5, 5.41) is 0. The number of rotatable bonds is 5. The lowest BCUT2D eigenvalue weighted by molar-refractivity contribution is 0.320. The van der Waals surface area contributed by atoms with E-state index in [0.29, 0.717) is 32.5 Å². The molecule has 0 N–H and O–H groups in total. The predicted octanol–water partition coefficient (Wildman–Crippen LogP) is 16.7. The van der Waals surface area contributed by atoms with Gasteiger partial charge in [0.1, 0.15) is 0 Å². The highest BCUT2D eigenvalue weighted by Gasteiger charge is 2.15. The molecule has 0 unspecified atom stereocenters. The monoisotopic (exact) mass is 772 g/mol. The number of allylic oxidation sites excluding steroid dienone is 2. The van der Waals surface area contributed by atoms with E-state index in [1.807, 2.05) is 30.9 Å². The van der Waals surface area contributed by atoms with Gasteiger partial charge in [0.05, 0.1) is 6.54 Å². The Kier molecular flexibility index (Phi) is 25.9. The van der Waals surface area contributed by atoms with Gasteiger partial charge in [-0.3, -0.25) is 15.0 Å². The van der Waals surface area contributed by atoms with Crippen LogP contribution in [-0.2, 0) is 12.8 Å². The van der Waals surface area contributed by atoms with Crippen LogP contribution in [0.4, 0.5) is 0 Å². The molecule has 1 aromatic heterocycles. The molecule has 2 aliphatic rings. The van der Waals surface area contributed by atoms with Crippen molar-refractivity contribution >= 4 is 11.9 Å². The molecule has 320 valence electrons. The first-order valence-electron chi connectivity index (χ1n) is 21.6. The lowest BCUT2D eigenvalue weighted by Crippen LogP contribution is -2.10. The molecule has 0 saturated carbocycles. The van der Waals surface area contributed by atoms with Gasteiger partial charge in [-0.25, -0.2) is 0 Å². The van der Waals surface area contributed by atoms with Crippen LogP contribution in [0.3, 0.4) is 0 Å². The van der Waals surface area contributed by atoms with Gasteiger partial charge in [-0.2, -0.15) is 0 Å². The third-order valence-electron chi connectivity index (χ3n) is 8.03. The number of hydrogen-bond acceptors (Lipinski definition) is 3. The van der Waals surface area contributed by atoms with Gasteiger partial charge in [-0.05, 0) is 99.4 Å². The molecule has 3 heteroatoms. The summed E-state index contributed by atoms with van der Waals surface area (Å²) in [6.07, 6.45) is 20.0. The van der Waals surface area contributed by atoms with Crippen LogP contribution >= 0.6 is 0 Å². The SMILES string of the molecule is CC(C)(C)CC1=CC=NC1.CC(C)(C)CC1=NC=CC1.CC(C)(C)Cc1ccccc1.CC(C)(C)Cc1cccnc1.CC(C)CC(C)(C)C.CCC(C)(C)C. The zero-order valence-corrected chi connectivity index (χ0v) is 41.1. The lowest BCUT2D eigenvalue weighted by Gasteiger charge is -2.19. The van der Waals surface area contributed by atoms with E-state index in [1.54, 1.807) is 0 Å². The normalized spacial score (nSPS) is 14.0. The van der Waals surface area contributed by atoms with Crippen molar-refractivity contribution in [3.8, 4) is 0 Å². The molecule has 2 aromatic rings. The molecule has 3 nitrogen and oxygen atoms in total. The highest BCUT2D eigenvalue weighted by molar-refractivity contribution is 5.88. The van der Waals surface area contributed by atoms with Gasteiger partial charge in [0.2, 0.25) is 0 Å². The third kappa shape index (κ3) is 42.3. The average molecular weight is 772 g/mol. The second kappa shape index (κ2) is 26.2. The molecular formula is C53H93N3. The molecule has 0 atom stereocenters. The van der Waals surface area contributed by atoms with Crippen LogP contribution in [0.15, 0.2) is 88.8 Å². The average Bonchev–Trinajstić information content (AvgIpc) is 3.69. The van der Waals surface area contributed by atoms with Crippen molar-refractivity contribution in [1.82, 2.24) is 4.98 Å². The molecule has 2 aliphatic heterocycles. The van der Waals surface area contributed by atoms with Crippen LogP contribution in [0.25, 0.3) is 0 Å². The summed E-state index contributed by atoms with van der Waals surface area (Å²) in [6.45, 7) is 48.3. The van der Waals surface area contributed by atoms with Crippen molar-refractivity contribution < 1.29 is 0 Å². The second-order valence-corrected chi connectivity index (χ2v) is 23.5. The number of hydrogen-bond donors (Lipinski definition) is 0. The minimum Gasteiger partial charge on any atom is -0.289 e. The van der Waals surface area contributed by atoms with Gasteiger partial charge in [-0.15, -0.1) is 0 Å². The van der Waals surface area contributed by atoms with E-state index >= 15 is 0 Å². The number of nitrogens with zero attached hydrogens (tertiary/aromatic N) is 3. The molecule has 0 spiro atoms. The smallest absolute Gasteiger partial charge is 0.0603 e. The fourth-order valence-corrected chi connectivity index (χ4v) is 5.85. The van der Waals surface area contributed by atoms with Crippen molar-refractivity contribution in [3.63, 3.8) is 0 Å². The zero-order valence-electron chi connectivity index (χ0n) is 41.1. The second-order valence-electron chi connectivity index (χ2n) is 23.5. The maximum Gasteiger partial charge on any atom is 0.0603 e. The summed E-state index contributed by atoms with van der Waals surface area (Å²) >= 11 is 0. The van der Waals surface area contributed by atoms with E-state index in [2.05, 4.69) is 209 Å². The van der Waals surface area contributed by atoms with Crippen LogP contribution < -0.4 is 0 Å². The highest BCUT2D eigenvalue weighted by atomic mass is 14.7. The largest absolute Gasteiger partial charge is 0.289 e. The standard InChI is InChI=1S/C11H16.C10H15N.2C9H15N.C8H18.C6H14/c1-11(2,3)9-10-7-5-4-6-8-10;1-10(2,3)7-9-5-4-6-11-8-9;1-9(2,3)6-8-4-5-10-7-8;1-9(2,3)7-8-5-4-6-10-8;1-7(2)6-8(3,4)5;1-5-6(2,3)4/h4-8H,9H2,1-3H3;4-6,8H,7H2,1-3H3;4-5H,6-7H2,1-3H3;4,6H,5,7H2,1-3H3;7H,6H2,1-5H3;5H2,1-4H3. The highest BCUT2D eigenvalue weighted by Crippen LogP contribution is 2.26. The molecule has 0 fully saturated rings. The molecule has 0 amide bonds. The summed E-state index contributed by atoms with van der Waals surface area (Å²) in [5.74, 6) is 0.843. The minimum atomic E-state index is 0.364. The molecule has 56 heavy (non-hydrogen) atoms. The van der Waals surface area contributed by atoms with Crippen molar-refractivity contribution in [3.05, 3.63) is 89.9 Å². The summed E-state index contributed by atoms with van der Waals surface area (Å²) in [7, 11) is 0. The first-order chi connectivity index (χ1) is 25.3. The maximum atomic E-state index is 4.26. The molecule has 0 radical (unpaired) electrons. The van der Waals surface area contributed by atoms with Gasteiger partial charge in [-0.1, -0.05) is 194 Å². The Morgan fingerprint density at radius 3 is 1.38 bits per heavy atom. The molecule has 0 bridgehead atoms. The van der Waals surface area contributed by atoms with Gasteiger partial charge < -0.3 is 0 Å². The van der Waals surface area contributed by atoms with Gasteiger partial charge in [0, 0.05) is 36.9 Å². The third-order valence-corrected chi connectivity index (χ3v) is 8.03. The van der Waals surface area contributed by atoms with Crippen LogP contribution in [0.5, 0.6) is 0 Å². The molecule has 0 saturated heterocycles. The van der Waals surface area contributed by atoms with E-state index in [4.69, 9.17) is 0 Å². The molecule has 0 aliphatic carbocycles. The van der Waals surface area contributed by atoms with Crippen LogP contribution in [0.2, 0.25) is 0 Å². The predicted molar refractivity (Wildman–Crippen MR) is 256 cm³/mol. The summed E-state index contributed by atoms with van der Waals surface area (Å²) in [4.78, 5) is 12.5. The van der Waals surface area contributed by atoms with Crippen molar-refractivity contribution in [1.29, 1.82) is 0 Å². The van der Waals surface area contributed by atoms with E-state index in [1.165, 1.54) is 41.7 Å². The fourth-order valence-electron chi connectivity index (χ4n) is 5.85. The van der Waals surface area contributed by atoms with E-state index in [9.17, 15) is 0 Å². The maximum absolute atomic E-state index is 4.26. The number of aliphatic imine (C=N–C) groups is 2. The Morgan fingerprint density at radius 2 is 1.05 bits per heavy atom. The van der Waals surface area contributed by atoms with Gasteiger partial charge in [0.15, 0.2) is 0 Å². The number of pyridine rings is 1. The Labute approximate surface area is 350 Å². The quantitative estimate of drug-likeness (QED) is 0.298. The van der Waals surface area contributed by atoms with Gasteiger partial charge >= 0.3 is 0 Å². The molecule has 3 heterocycles. The van der Waals surface area contributed by atoms with Crippen molar-refractivity contribution in [2.45, 2.75) is 190 Å². The fraction of sp³-hybridized carbons (Fsp3) is 0.679. The first kappa shape index (κ1) is 55.3. The zero-order chi connectivity index (χ0) is 43.9. The van der Waals surface area contributed by atoms with Crippen LogP contribution in [0.1, 0.15) is 189 Å². The summed E-state index contributed by atoms with van der Waals surface area (Å²) in [6, 6.07) is 14.7. The topological polar surface area (TPSA) is 37.6 Å². The first-order valence-corrected chi connectivity index (χ1v) is 21.6. The Hall–Kier alpha value is -2.81. The minimum absolute atomic E-state index is 0.364. The van der Waals surface area contributed by atoms with Crippen LogP contribution in [-0.4, -0.2) is 23.5 Å². The number of benzene rings is 1.